The minimum atomic E-state index is -2.92. The number of aromatic nitrogens is 4. The lowest BCUT2D eigenvalue weighted by Gasteiger charge is -2.45. The molecule has 0 unspecified atom stereocenters. The third-order valence-corrected chi connectivity index (χ3v) is 23.1. The number of ether oxygens (including phenoxy) is 2. The zero-order valence-electron chi connectivity index (χ0n) is 39.9. The number of nitrogens with one attached hydrogen (secondary N) is 2. The fraction of sp³-hybridized carbons (Fsp3) is 0.365. The highest BCUT2D eigenvalue weighted by Crippen LogP contribution is 2.42. The van der Waals surface area contributed by atoms with Gasteiger partial charge in [-0.2, -0.15) is 0 Å². The van der Waals surface area contributed by atoms with Crippen LogP contribution in [0.15, 0.2) is 153 Å². The normalized spacial score (nSPS) is 21.0. The molecule has 68 heavy (non-hydrogen) atoms. The summed E-state index contributed by atoms with van der Waals surface area (Å²) in [6, 6.07) is 40.8. The van der Waals surface area contributed by atoms with E-state index in [0.29, 0.717) is 24.0 Å². The number of aliphatic hydroxyl groups excluding tert-OH is 1. The smallest absolute Gasteiger partial charge is 0.330 e. The van der Waals surface area contributed by atoms with E-state index in [2.05, 4.69) is 100 Å². The van der Waals surface area contributed by atoms with Gasteiger partial charge in [-0.05, 0) is 44.7 Å². The first-order valence-corrected chi connectivity index (χ1v) is 26.7. The van der Waals surface area contributed by atoms with Gasteiger partial charge in [-0.25, -0.2) is 9.59 Å². The number of aromatic amines is 2. The van der Waals surface area contributed by atoms with E-state index in [-0.39, 0.29) is 16.7 Å². The van der Waals surface area contributed by atoms with E-state index in [0.717, 1.165) is 27.0 Å². The third kappa shape index (κ3) is 9.85. The van der Waals surface area contributed by atoms with Gasteiger partial charge in [0, 0.05) is 36.4 Å². The van der Waals surface area contributed by atoms with Gasteiger partial charge >= 0.3 is 11.4 Å². The maximum absolute atomic E-state index is 12.5. The molecule has 6 aromatic rings. The summed E-state index contributed by atoms with van der Waals surface area (Å²) in [5.74, 6) is 0. The van der Waals surface area contributed by atoms with Crippen molar-refractivity contribution < 1.29 is 28.2 Å². The summed E-state index contributed by atoms with van der Waals surface area (Å²) in [4.78, 5) is 65.3. The molecule has 0 bridgehead atoms. The van der Waals surface area contributed by atoms with Crippen LogP contribution in [0.4, 0.5) is 0 Å². The standard InChI is InChI=1S/C26H32N2O5Si.C26H30N2O5Si/c2*1-18-16-28(25(31)27-24(18)30)23-15-21(22(17-29)32-23)33-34(26(2,3)4,19-11-7-5-8-12-19)20-13-9-6-10-14-20/h5-14,16,21-23,29H,15,17H2,1-4H3,(H,27,30,31);5-14,16-17,21-23H,15H2,1-4H3,(H,27,30,31)/t2*21-,22-,23-/m11/s1. The first-order valence-electron chi connectivity index (χ1n) is 22.9. The molecule has 2 fully saturated rings. The molecule has 0 amide bonds. The Hall–Kier alpha value is -5.86. The predicted octanol–water partition coefficient (Wildman–Crippen LogP) is 4.35. The number of carbonyl (C=O) groups excluding carboxylic acids is 1. The molecule has 16 heteroatoms. The van der Waals surface area contributed by atoms with Gasteiger partial charge in [-0.1, -0.05) is 163 Å². The number of H-pyrrole nitrogens is 2. The Morgan fingerprint density at radius 2 is 0.926 bits per heavy atom. The molecule has 14 nitrogen and oxygen atoms in total. The minimum absolute atomic E-state index is 0.237. The maximum Gasteiger partial charge on any atom is 0.330 e. The molecule has 2 aromatic heterocycles. The number of nitrogens with zero attached hydrogens (tertiary/aromatic N) is 2. The monoisotopic (exact) mass is 958 g/mol. The van der Waals surface area contributed by atoms with Crippen LogP contribution < -0.4 is 43.2 Å². The van der Waals surface area contributed by atoms with Gasteiger partial charge in [0.25, 0.3) is 27.8 Å². The Morgan fingerprint density at radius 3 is 1.26 bits per heavy atom. The van der Waals surface area contributed by atoms with Crippen LogP contribution in [-0.2, 0) is 23.1 Å². The lowest BCUT2D eigenvalue weighted by atomic mass is 10.2. The number of aliphatic hydroxyl groups is 1. The van der Waals surface area contributed by atoms with Crippen LogP contribution in [-0.4, -0.2) is 78.2 Å². The van der Waals surface area contributed by atoms with Crippen LogP contribution in [0.1, 0.15) is 78.0 Å². The highest BCUT2D eigenvalue weighted by molar-refractivity contribution is 7.00. The summed E-state index contributed by atoms with van der Waals surface area (Å²) in [7, 11) is -5.79. The van der Waals surface area contributed by atoms with E-state index in [9.17, 15) is 29.1 Å². The van der Waals surface area contributed by atoms with Gasteiger partial charge in [-0.3, -0.25) is 28.7 Å². The van der Waals surface area contributed by atoms with E-state index < -0.39 is 76.0 Å². The first-order chi connectivity index (χ1) is 32.3. The van der Waals surface area contributed by atoms with Crippen LogP contribution in [0.25, 0.3) is 0 Å². The van der Waals surface area contributed by atoms with E-state index in [1.165, 1.54) is 21.5 Å². The Labute approximate surface area is 397 Å². The average Bonchev–Trinajstić information content (AvgIpc) is 3.93. The van der Waals surface area contributed by atoms with Crippen molar-refractivity contribution in [1.29, 1.82) is 0 Å². The van der Waals surface area contributed by atoms with Crippen LogP contribution in [0.2, 0.25) is 10.1 Å². The molecule has 0 saturated carbocycles. The predicted molar refractivity (Wildman–Crippen MR) is 267 cm³/mol. The van der Waals surface area contributed by atoms with E-state index in [1.54, 1.807) is 13.8 Å². The summed E-state index contributed by atoms with van der Waals surface area (Å²) in [5.41, 5.74) is -1.16. The zero-order chi connectivity index (χ0) is 49.0. The van der Waals surface area contributed by atoms with E-state index in [4.69, 9.17) is 18.3 Å². The van der Waals surface area contributed by atoms with Gasteiger partial charge < -0.3 is 28.2 Å². The van der Waals surface area contributed by atoms with Crippen LogP contribution in [0, 0.1) is 13.8 Å². The van der Waals surface area contributed by atoms with Crippen molar-refractivity contribution in [2.45, 2.75) is 115 Å². The molecule has 0 radical (unpaired) electrons. The highest BCUT2D eigenvalue weighted by Gasteiger charge is 2.55. The largest absolute Gasteiger partial charge is 0.402 e. The topological polar surface area (TPSA) is 184 Å². The van der Waals surface area contributed by atoms with Crippen molar-refractivity contribution >= 4 is 43.7 Å². The summed E-state index contributed by atoms with van der Waals surface area (Å²) in [6.45, 7) is 16.1. The van der Waals surface area contributed by atoms with Crippen molar-refractivity contribution in [3.8, 4) is 0 Å². The SMILES string of the molecule is Cc1cn([C@H]2C[C@@H](O[Si](c3ccccc3)(c3ccccc3)C(C)(C)C)[C@@H](C=O)O2)c(=O)[nH]c1=O.Cc1cn([C@H]2C[C@@H](O[Si](c3ccccc3)(c3ccccc3)C(C)(C)C)[C@@H](CO)O2)c(=O)[nH]c1=O. The van der Waals surface area contributed by atoms with Gasteiger partial charge in [-0.15, -0.1) is 0 Å². The Bertz CT molecular complexity index is 2820. The fourth-order valence-corrected chi connectivity index (χ4v) is 19.1. The van der Waals surface area contributed by atoms with Crippen molar-refractivity contribution in [2.24, 2.45) is 0 Å². The second-order valence-corrected chi connectivity index (χ2v) is 28.1. The molecule has 4 aromatic carbocycles. The van der Waals surface area contributed by atoms with Crippen molar-refractivity contribution in [2.75, 3.05) is 6.61 Å². The second-order valence-electron chi connectivity index (χ2n) is 19.6. The molecular formula is C52H62N4O10Si2. The fourth-order valence-electron chi connectivity index (χ4n) is 9.67. The van der Waals surface area contributed by atoms with Crippen molar-refractivity contribution in [3.05, 3.63) is 187 Å². The third-order valence-electron chi connectivity index (χ3n) is 13.0. The summed E-state index contributed by atoms with van der Waals surface area (Å²) < 4.78 is 29.0. The number of aldehydes is 1. The Balaban J connectivity index is 0.000000201. The van der Waals surface area contributed by atoms with E-state index in [1.807, 2.05) is 72.8 Å². The molecule has 3 N–H and O–H groups in total. The number of aryl methyl sites for hydroxylation is 2. The molecular weight excluding hydrogens is 897 g/mol. The molecule has 4 heterocycles. The number of benzene rings is 4. The minimum Gasteiger partial charge on any atom is -0.402 e. The molecule has 358 valence electrons. The van der Waals surface area contributed by atoms with E-state index >= 15 is 0 Å². The highest BCUT2D eigenvalue weighted by atomic mass is 28.4. The Kier molecular flexibility index (Phi) is 15.0. The Morgan fingerprint density at radius 1 is 0.588 bits per heavy atom. The van der Waals surface area contributed by atoms with Crippen LogP contribution in [0.5, 0.6) is 0 Å². The molecule has 0 spiro atoms. The summed E-state index contributed by atoms with van der Waals surface area (Å²) in [5, 5.41) is 14.1. The summed E-state index contributed by atoms with van der Waals surface area (Å²) in [6.07, 6.45) is 0.575. The van der Waals surface area contributed by atoms with Crippen LogP contribution >= 0.6 is 0 Å². The lowest BCUT2D eigenvalue weighted by molar-refractivity contribution is -0.122. The summed E-state index contributed by atoms with van der Waals surface area (Å²) >= 11 is 0. The van der Waals surface area contributed by atoms with Gasteiger partial charge in [0.15, 0.2) is 6.29 Å². The molecule has 0 aliphatic carbocycles. The quantitative estimate of drug-likeness (QED) is 0.118. The number of hydrogen-bond donors (Lipinski definition) is 3. The lowest BCUT2D eigenvalue weighted by Crippen LogP contribution is -2.68. The molecule has 2 saturated heterocycles. The number of rotatable bonds is 12. The maximum atomic E-state index is 12.5. The second kappa shape index (κ2) is 20.4. The number of carbonyl (C=O) groups is 1. The van der Waals surface area contributed by atoms with Crippen molar-refractivity contribution in [3.63, 3.8) is 0 Å². The van der Waals surface area contributed by atoms with Gasteiger partial charge in [0.05, 0.1) is 18.8 Å². The molecule has 2 aliphatic rings. The van der Waals surface area contributed by atoms with Gasteiger partial charge in [0.2, 0.25) is 0 Å². The molecule has 8 rings (SSSR count). The zero-order valence-corrected chi connectivity index (χ0v) is 41.9. The number of hydrogen-bond acceptors (Lipinski definition) is 10. The molecule has 2 aliphatic heterocycles. The first kappa shape index (κ1) is 50.0. The average molecular weight is 959 g/mol. The molecule has 6 atom stereocenters. The van der Waals surface area contributed by atoms with Gasteiger partial charge in [0.1, 0.15) is 24.7 Å². The van der Waals surface area contributed by atoms with Crippen LogP contribution in [0.3, 0.4) is 0 Å². The van der Waals surface area contributed by atoms with Crippen molar-refractivity contribution in [1.82, 2.24) is 19.1 Å².